The van der Waals surface area contributed by atoms with Crippen molar-refractivity contribution in [3.63, 3.8) is 0 Å². The molecule has 14 nitrogen and oxygen atoms in total. The molecule has 0 radical (unpaired) electrons. The Morgan fingerprint density at radius 2 is 0.882 bits per heavy atom. The van der Waals surface area contributed by atoms with E-state index in [2.05, 4.69) is 94.1 Å². The Morgan fingerprint density at radius 1 is 0.426 bits per heavy atom. The number of ether oxygens (including phenoxy) is 10. The van der Waals surface area contributed by atoms with Crippen LogP contribution in [0.2, 0.25) is 0 Å². The number of fused-ring (bicyclic) bond motifs is 13. The fourth-order valence-electron chi connectivity index (χ4n) is 8.51. The van der Waals surface area contributed by atoms with Crippen LogP contribution >= 0.6 is 0 Å². The van der Waals surface area contributed by atoms with Gasteiger partial charge in [0.15, 0.2) is 23.0 Å². The molecule has 68 heavy (non-hydrogen) atoms. The third-order valence-corrected chi connectivity index (χ3v) is 11.6. The number of rotatable bonds is 20. The molecular weight excluding hydrogens is 865 g/mol. The number of nitrogens with zero attached hydrogens (tertiary/aromatic N) is 4. The highest BCUT2D eigenvalue weighted by atomic mass is 16.6. The van der Waals surface area contributed by atoms with Gasteiger partial charge in [-0.05, 0) is 71.5 Å². The lowest BCUT2D eigenvalue weighted by atomic mass is 9.97. The van der Waals surface area contributed by atoms with Gasteiger partial charge < -0.3 is 56.5 Å². The molecule has 2 aliphatic rings. The van der Waals surface area contributed by atoms with Crippen molar-refractivity contribution < 1.29 is 47.4 Å². The van der Waals surface area contributed by atoms with Crippen molar-refractivity contribution in [2.45, 2.75) is 0 Å². The van der Waals surface area contributed by atoms with Gasteiger partial charge in [-0.2, -0.15) is 0 Å². The van der Waals surface area contributed by atoms with Crippen molar-refractivity contribution in [3.05, 3.63) is 121 Å². The second-order valence-electron chi connectivity index (χ2n) is 15.8. The van der Waals surface area contributed by atoms with Gasteiger partial charge in [0.1, 0.15) is 13.2 Å². The number of hydrogen-bond donors (Lipinski definition) is 0. The summed E-state index contributed by atoms with van der Waals surface area (Å²) in [5.74, 6) is 3.00. The van der Waals surface area contributed by atoms with Crippen molar-refractivity contribution >= 4 is 45.0 Å². The molecule has 0 unspecified atom stereocenters. The molecule has 0 saturated heterocycles. The smallest absolute Gasteiger partial charge is 0.203 e. The van der Waals surface area contributed by atoms with Gasteiger partial charge in [0.2, 0.25) is 11.5 Å². The second kappa shape index (κ2) is 21.1. The maximum Gasteiger partial charge on any atom is 0.203 e. The summed E-state index contributed by atoms with van der Waals surface area (Å²) >= 11 is 0. The Labute approximate surface area is 394 Å². The van der Waals surface area contributed by atoms with Gasteiger partial charge in [0, 0.05) is 71.7 Å². The lowest BCUT2D eigenvalue weighted by molar-refractivity contribution is 0.0535. The molecular formula is C54H54N4O10. The first kappa shape index (κ1) is 45.8. The molecule has 5 heterocycles. The summed E-state index contributed by atoms with van der Waals surface area (Å²) in [4.78, 5) is 10.6. The van der Waals surface area contributed by atoms with E-state index < -0.39 is 0 Å². The Hall–Kier alpha value is -7.36. The third kappa shape index (κ3) is 9.44. The molecule has 0 saturated carbocycles. The molecule has 7 aromatic rings. The van der Waals surface area contributed by atoms with E-state index in [4.69, 9.17) is 57.3 Å². The lowest BCUT2D eigenvalue weighted by Gasteiger charge is -2.17. The summed E-state index contributed by atoms with van der Waals surface area (Å²) in [7, 11) is 9.76. The molecule has 4 aromatic carbocycles. The van der Waals surface area contributed by atoms with Gasteiger partial charge >= 0.3 is 0 Å². The van der Waals surface area contributed by atoms with Crippen LogP contribution in [-0.4, -0.2) is 115 Å². The molecule has 0 N–H and O–H groups in total. The quantitative estimate of drug-likeness (QED) is 0.0675. The summed E-state index contributed by atoms with van der Waals surface area (Å²) in [6, 6.07) is 37.2. The summed E-state index contributed by atoms with van der Waals surface area (Å²) in [5.41, 5.74) is 10.3. The standard InChI is InChI=1S/C54H54N4O10/c1-59-19-21-65-23-25-67-53-48(61-3)31-42(32-49(53)62-4)57-38-14-16-40(57)29-46-45-18-11-35-9-7-8-10-44(35)52(45)47(56-46)30-41-17-15-39(28-37-13-12-36(27-38)55-37)58(41)43-33-50(63-5)54(51(34-43)64-6)68-26-24-66-22-20-60-2/h7-18,27-34H,19-26H2,1-6H3. The zero-order chi connectivity index (χ0) is 47.0. The Kier molecular flexibility index (Phi) is 14.2. The molecule has 0 aliphatic carbocycles. The molecule has 0 fully saturated rings. The number of aromatic nitrogens is 4. The van der Waals surface area contributed by atoms with E-state index >= 15 is 0 Å². The highest BCUT2D eigenvalue weighted by Gasteiger charge is 2.23. The first-order valence-electron chi connectivity index (χ1n) is 22.3. The van der Waals surface area contributed by atoms with E-state index in [0.29, 0.717) is 87.4 Å². The Bertz CT molecular complexity index is 3090. The maximum atomic E-state index is 6.20. The van der Waals surface area contributed by atoms with E-state index in [1.165, 1.54) is 0 Å². The Morgan fingerprint density at radius 3 is 1.37 bits per heavy atom. The SMILES string of the molecule is COCCOCCOc1c(OC)cc(-n2c3ccc2cc2nc(cc4ccc(cc5nc(c3)C=C5)n4-c3cc(OC)c(OCCOCCOC)c(OC)c3)-c3c-2ccc2ccccc32)cc1OC. The molecule has 14 heteroatoms. The Balaban J connectivity index is 1.25. The minimum Gasteiger partial charge on any atom is -0.493 e. The molecule has 8 bridgehead atoms. The normalized spacial score (nSPS) is 11.7. The summed E-state index contributed by atoms with van der Waals surface area (Å²) in [5, 5.41) is 2.20. The predicted octanol–water partition coefficient (Wildman–Crippen LogP) is 10.0. The highest BCUT2D eigenvalue weighted by Crippen LogP contribution is 2.45. The van der Waals surface area contributed by atoms with Crippen molar-refractivity contribution in [2.75, 3.05) is 95.5 Å². The van der Waals surface area contributed by atoms with Gasteiger partial charge in [-0.15, -0.1) is 0 Å². The van der Waals surface area contributed by atoms with Crippen LogP contribution in [0.15, 0.2) is 109 Å². The van der Waals surface area contributed by atoms with E-state index in [-0.39, 0.29) is 0 Å². The monoisotopic (exact) mass is 918 g/mol. The lowest BCUT2D eigenvalue weighted by Crippen LogP contribution is -2.11. The minimum absolute atomic E-state index is 0.296. The van der Waals surface area contributed by atoms with Crippen LogP contribution < -0.4 is 28.4 Å². The van der Waals surface area contributed by atoms with Crippen molar-refractivity contribution in [1.82, 2.24) is 19.1 Å². The zero-order valence-electron chi connectivity index (χ0n) is 39.1. The average molecular weight is 919 g/mol. The van der Waals surface area contributed by atoms with Gasteiger partial charge in [-0.25, -0.2) is 9.97 Å². The second-order valence-corrected chi connectivity index (χ2v) is 15.8. The molecule has 0 spiro atoms. The molecule has 2 aliphatic heterocycles. The van der Waals surface area contributed by atoms with E-state index in [1.54, 1.807) is 42.7 Å². The maximum absolute atomic E-state index is 6.20. The van der Waals surface area contributed by atoms with Gasteiger partial charge in [0.25, 0.3) is 0 Å². The van der Waals surface area contributed by atoms with Crippen LogP contribution in [0.4, 0.5) is 0 Å². The van der Waals surface area contributed by atoms with Crippen LogP contribution in [0.5, 0.6) is 34.5 Å². The number of hydrogen-bond acceptors (Lipinski definition) is 12. The van der Waals surface area contributed by atoms with Crippen LogP contribution in [0.1, 0.15) is 11.4 Å². The zero-order valence-corrected chi connectivity index (χ0v) is 39.1. The van der Waals surface area contributed by atoms with E-state index in [0.717, 1.165) is 78.1 Å². The van der Waals surface area contributed by atoms with Crippen molar-refractivity contribution in [1.29, 1.82) is 0 Å². The average Bonchev–Trinajstić information content (AvgIpc) is 4.17. The van der Waals surface area contributed by atoms with Crippen LogP contribution in [0.25, 0.3) is 78.9 Å². The van der Waals surface area contributed by atoms with Crippen molar-refractivity contribution in [3.8, 4) is 68.4 Å². The first-order valence-corrected chi connectivity index (χ1v) is 22.3. The van der Waals surface area contributed by atoms with E-state index in [9.17, 15) is 0 Å². The van der Waals surface area contributed by atoms with Gasteiger partial charge in [-0.1, -0.05) is 36.4 Å². The predicted molar refractivity (Wildman–Crippen MR) is 264 cm³/mol. The van der Waals surface area contributed by atoms with Gasteiger partial charge in [-0.3, -0.25) is 0 Å². The third-order valence-electron chi connectivity index (χ3n) is 11.6. The number of methoxy groups -OCH3 is 6. The fraction of sp³-hybridized carbons (Fsp3) is 0.259. The molecule has 0 atom stereocenters. The molecule has 0 amide bonds. The van der Waals surface area contributed by atoms with E-state index in [1.807, 2.05) is 36.4 Å². The van der Waals surface area contributed by atoms with Crippen LogP contribution in [-0.2, 0) is 18.9 Å². The molecule has 3 aromatic heterocycles. The van der Waals surface area contributed by atoms with Crippen LogP contribution in [0.3, 0.4) is 0 Å². The molecule has 9 rings (SSSR count). The van der Waals surface area contributed by atoms with Crippen LogP contribution in [0, 0.1) is 0 Å². The van der Waals surface area contributed by atoms with Crippen molar-refractivity contribution in [2.24, 2.45) is 0 Å². The largest absolute Gasteiger partial charge is 0.493 e. The summed E-state index contributed by atoms with van der Waals surface area (Å²) in [6.45, 7) is 3.29. The minimum atomic E-state index is 0.296. The highest BCUT2D eigenvalue weighted by molar-refractivity contribution is 6.05. The topological polar surface area (TPSA) is 128 Å². The van der Waals surface area contributed by atoms with Gasteiger partial charge in [0.05, 0.1) is 102 Å². The molecule has 350 valence electrons. The summed E-state index contributed by atoms with van der Waals surface area (Å²) in [6.07, 6.45) is 4.03. The fourth-order valence-corrected chi connectivity index (χ4v) is 8.51. The number of benzene rings is 4. The first-order chi connectivity index (χ1) is 33.4. The summed E-state index contributed by atoms with van der Waals surface area (Å²) < 4.78 is 62.0.